The minimum atomic E-state index is -0.689. The second kappa shape index (κ2) is 5.94. The Morgan fingerprint density at radius 1 is 1.36 bits per heavy atom. The van der Waals surface area contributed by atoms with Gasteiger partial charge in [0.05, 0.1) is 18.4 Å². The van der Waals surface area contributed by atoms with E-state index in [1.807, 2.05) is 18.6 Å². The summed E-state index contributed by atoms with van der Waals surface area (Å²) in [5, 5.41) is 9.84. The third-order valence-corrected chi connectivity index (χ3v) is 6.14. The molecule has 2 aliphatic rings. The van der Waals surface area contributed by atoms with Crippen LogP contribution in [0.15, 0.2) is 17.8 Å². The number of hydrogen-bond acceptors (Lipinski definition) is 5. The topological polar surface area (TPSA) is 80.1 Å². The second-order valence-corrected chi connectivity index (χ2v) is 7.99. The summed E-state index contributed by atoms with van der Waals surface area (Å²) in [6.45, 7) is 2.42. The molecule has 0 aromatic carbocycles. The molecule has 3 heterocycles. The molecule has 1 spiro atoms. The molecule has 0 unspecified atom stereocenters. The van der Waals surface area contributed by atoms with Crippen LogP contribution in [0.2, 0.25) is 0 Å². The first-order chi connectivity index (χ1) is 12.0. The molecule has 1 saturated carbocycles. The molecule has 2 aromatic heterocycles. The number of nitrogens with one attached hydrogen (secondary N) is 1. The largest absolute Gasteiger partial charge is 0.325 e. The molecular weight excluding hydrogens is 338 g/mol. The number of amides is 3. The van der Waals surface area contributed by atoms with Crippen LogP contribution in [0.5, 0.6) is 0 Å². The number of urea groups is 1. The van der Waals surface area contributed by atoms with Gasteiger partial charge in [-0.05, 0) is 31.6 Å². The van der Waals surface area contributed by atoms with Crippen molar-refractivity contribution >= 4 is 23.3 Å². The van der Waals surface area contributed by atoms with Gasteiger partial charge in [-0.3, -0.25) is 14.4 Å². The maximum Gasteiger partial charge on any atom is 0.325 e. The van der Waals surface area contributed by atoms with Crippen molar-refractivity contribution in [2.75, 3.05) is 0 Å². The van der Waals surface area contributed by atoms with Crippen LogP contribution in [0.1, 0.15) is 38.3 Å². The van der Waals surface area contributed by atoms with E-state index in [-0.39, 0.29) is 18.5 Å². The van der Waals surface area contributed by atoms with Crippen molar-refractivity contribution < 1.29 is 9.59 Å². The number of rotatable bonds is 3. The minimum absolute atomic E-state index is 0.0969. The Morgan fingerprint density at radius 2 is 2.12 bits per heavy atom. The summed E-state index contributed by atoms with van der Waals surface area (Å²) < 4.78 is 1.72. The maximum atomic E-state index is 12.9. The van der Waals surface area contributed by atoms with Crippen LogP contribution in [-0.2, 0) is 18.4 Å². The molecule has 1 aliphatic heterocycles. The quantitative estimate of drug-likeness (QED) is 0.854. The summed E-state index contributed by atoms with van der Waals surface area (Å²) in [7, 11) is 1.86. The monoisotopic (exact) mass is 359 g/mol. The first kappa shape index (κ1) is 16.3. The Bertz CT molecular complexity index is 819. The highest BCUT2D eigenvalue weighted by atomic mass is 32.1. The lowest BCUT2D eigenvalue weighted by atomic mass is 9.77. The van der Waals surface area contributed by atoms with Gasteiger partial charge in [0.15, 0.2) is 0 Å². The average molecular weight is 359 g/mol. The molecule has 0 bridgehead atoms. The Hall–Kier alpha value is -2.22. The van der Waals surface area contributed by atoms with Gasteiger partial charge in [0, 0.05) is 24.2 Å². The molecule has 8 heteroatoms. The summed E-state index contributed by atoms with van der Waals surface area (Å²) in [5.74, 6) is 0.519. The molecule has 4 rings (SSSR count). The summed E-state index contributed by atoms with van der Waals surface area (Å²) in [5.41, 5.74) is 0.980. The molecule has 2 fully saturated rings. The fourth-order valence-corrected chi connectivity index (χ4v) is 4.41. The van der Waals surface area contributed by atoms with E-state index in [4.69, 9.17) is 0 Å². The Kier molecular flexibility index (Phi) is 3.87. The minimum Gasteiger partial charge on any atom is -0.323 e. The standard InChI is InChI=1S/C17H21N5O2S/c1-11-3-5-17(6-4-11)15(23)22(16(24)20-17)9-13-10-25-14(19-13)12-7-18-21(2)8-12/h7-8,10-11H,3-6,9H2,1-2H3,(H,20,24). The van der Waals surface area contributed by atoms with E-state index < -0.39 is 5.54 Å². The SMILES string of the molecule is CC1CCC2(CC1)NC(=O)N(Cc1csc(-c3cnn(C)c3)n1)C2=O. The zero-order valence-electron chi connectivity index (χ0n) is 14.4. The van der Waals surface area contributed by atoms with Crippen molar-refractivity contribution in [2.24, 2.45) is 13.0 Å². The van der Waals surface area contributed by atoms with Crippen LogP contribution < -0.4 is 5.32 Å². The molecule has 0 radical (unpaired) electrons. The lowest BCUT2D eigenvalue weighted by Crippen LogP contribution is -2.49. The normalized spacial score (nSPS) is 26.5. The number of aromatic nitrogens is 3. The van der Waals surface area contributed by atoms with Crippen molar-refractivity contribution in [1.29, 1.82) is 0 Å². The van der Waals surface area contributed by atoms with Gasteiger partial charge < -0.3 is 5.32 Å². The Labute approximate surface area is 150 Å². The summed E-state index contributed by atoms with van der Waals surface area (Å²) in [6.07, 6.45) is 7.06. The Morgan fingerprint density at radius 3 is 2.80 bits per heavy atom. The van der Waals surface area contributed by atoms with Gasteiger partial charge in [-0.1, -0.05) is 6.92 Å². The van der Waals surface area contributed by atoms with Crippen LogP contribution in [0, 0.1) is 5.92 Å². The molecule has 132 valence electrons. The van der Waals surface area contributed by atoms with Crippen molar-refractivity contribution in [2.45, 2.75) is 44.7 Å². The smallest absolute Gasteiger partial charge is 0.323 e. The van der Waals surface area contributed by atoms with Gasteiger partial charge in [0.1, 0.15) is 10.5 Å². The molecule has 1 saturated heterocycles. The molecule has 7 nitrogen and oxygen atoms in total. The summed E-state index contributed by atoms with van der Waals surface area (Å²) in [6, 6.07) is -0.296. The van der Waals surface area contributed by atoms with Crippen molar-refractivity contribution in [3.63, 3.8) is 0 Å². The van der Waals surface area contributed by atoms with Crippen LogP contribution in [-0.4, -0.2) is 37.1 Å². The van der Waals surface area contributed by atoms with Gasteiger partial charge in [0.2, 0.25) is 0 Å². The fraction of sp³-hybridized carbons (Fsp3) is 0.529. The maximum absolute atomic E-state index is 12.9. The number of carbonyl (C=O) groups is 2. The van der Waals surface area contributed by atoms with Crippen LogP contribution in [0.4, 0.5) is 4.79 Å². The molecule has 0 atom stereocenters. The number of aryl methyl sites for hydroxylation is 1. The van der Waals surface area contributed by atoms with Crippen LogP contribution in [0.3, 0.4) is 0 Å². The summed E-state index contributed by atoms with van der Waals surface area (Å²) in [4.78, 5) is 31.1. The average Bonchev–Trinajstić information content (AvgIpc) is 3.27. The van der Waals surface area contributed by atoms with Crippen LogP contribution >= 0.6 is 11.3 Å². The van der Waals surface area contributed by atoms with E-state index in [2.05, 4.69) is 22.3 Å². The lowest BCUT2D eigenvalue weighted by molar-refractivity contribution is -0.133. The third-order valence-electron chi connectivity index (χ3n) is 5.20. The number of carbonyl (C=O) groups excluding carboxylic acids is 2. The number of imide groups is 1. The van der Waals surface area contributed by atoms with Crippen molar-refractivity contribution in [3.05, 3.63) is 23.5 Å². The van der Waals surface area contributed by atoms with E-state index in [1.165, 1.54) is 16.2 Å². The highest BCUT2D eigenvalue weighted by molar-refractivity contribution is 7.13. The van der Waals surface area contributed by atoms with Gasteiger partial charge in [0.25, 0.3) is 5.91 Å². The predicted molar refractivity (Wildman–Crippen MR) is 93.8 cm³/mol. The fourth-order valence-electron chi connectivity index (χ4n) is 3.62. The lowest BCUT2D eigenvalue weighted by Gasteiger charge is -2.33. The molecule has 2 aromatic rings. The van der Waals surface area contributed by atoms with Gasteiger partial charge >= 0.3 is 6.03 Å². The van der Waals surface area contributed by atoms with Gasteiger partial charge in [-0.2, -0.15) is 5.10 Å². The number of thiazole rings is 1. The first-order valence-electron chi connectivity index (χ1n) is 8.54. The van der Waals surface area contributed by atoms with Crippen molar-refractivity contribution in [1.82, 2.24) is 25.0 Å². The highest BCUT2D eigenvalue weighted by Crippen LogP contribution is 2.37. The predicted octanol–water partition coefficient (Wildman–Crippen LogP) is 2.54. The van der Waals surface area contributed by atoms with Crippen LogP contribution in [0.25, 0.3) is 10.6 Å². The molecule has 1 N–H and O–H groups in total. The molecule has 3 amide bonds. The molecule has 25 heavy (non-hydrogen) atoms. The van der Waals surface area contributed by atoms with E-state index in [0.717, 1.165) is 41.9 Å². The molecule has 1 aliphatic carbocycles. The zero-order valence-corrected chi connectivity index (χ0v) is 15.2. The molecular formula is C17H21N5O2S. The van der Waals surface area contributed by atoms with Gasteiger partial charge in [-0.25, -0.2) is 9.78 Å². The zero-order chi connectivity index (χ0) is 17.6. The van der Waals surface area contributed by atoms with E-state index in [9.17, 15) is 9.59 Å². The van der Waals surface area contributed by atoms with Crippen molar-refractivity contribution in [3.8, 4) is 10.6 Å². The van der Waals surface area contributed by atoms with E-state index >= 15 is 0 Å². The third kappa shape index (κ3) is 2.84. The summed E-state index contributed by atoms with van der Waals surface area (Å²) >= 11 is 1.50. The highest BCUT2D eigenvalue weighted by Gasteiger charge is 2.52. The number of nitrogens with zero attached hydrogens (tertiary/aromatic N) is 4. The van der Waals surface area contributed by atoms with Gasteiger partial charge in [-0.15, -0.1) is 11.3 Å². The van der Waals surface area contributed by atoms with E-state index in [1.54, 1.807) is 10.9 Å². The second-order valence-electron chi connectivity index (χ2n) is 7.13. The first-order valence-corrected chi connectivity index (χ1v) is 9.42. The van der Waals surface area contributed by atoms with E-state index in [0.29, 0.717) is 5.92 Å². The number of hydrogen-bond donors (Lipinski definition) is 1. The Balaban J connectivity index is 1.50.